The first-order valence-corrected chi connectivity index (χ1v) is 13.2. The fraction of sp³-hybridized carbons (Fsp3) is 0.542. The first kappa shape index (κ1) is 23.1. The van der Waals surface area contributed by atoms with Crippen molar-refractivity contribution in [1.82, 2.24) is 15.3 Å². The van der Waals surface area contributed by atoms with Crippen LogP contribution in [0.3, 0.4) is 0 Å². The van der Waals surface area contributed by atoms with Crippen LogP contribution in [0, 0.1) is 0 Å². The van der Waals surface area contributed by atoms with Crippen molar-refractivity contribution in [3.63, 3.8) is 0 Å². The number of anilines is 3. The molecule has 8 heteroatoms. The standard InChI is InChI=1S/C24H34N6S2/c1-30(2)22-18-8-4-5-9-19(18)27-23(29-22)25-16-12-14-17(15-13-16)26-24(31)28-20-10-6-7-11-21(20)32-3/h6-7,10-11,16-17H,4-5,8-9,12-15H2,1-3H3,(H,25,27,29)(H2,26,28,31)/t16-,17+. The topological polar surface area (TPSA) is 65.1 Å². The molecule has 2 aromatic rings. The predicted octanol–water partition coefficient (Wildman–Crippen LogP) is 4.85. The smallest absolute Gasteiger partial charge is 0.225 e. The lowest BCUT2D eigenvalue weighted by atomic mass is 9.91. The summed E-state index contributed by atoms with van der Waals surface area (Å²) < 4.78 is 0. The maximum absolute atomic E-state index is 5.58. The number of nitrogens with one attached hydrogen (secondary N) is 3. The van der Waals surface area contributed by atoms with Crippen molar-refractivity contribution in [3.8, 4) is 0 Å². The van der Waals surface area contributed by atoms with Crippen molar-refractivity contribution in [3.05, 3.63) is 35.5 Å². The van der Waals surface area contributed by atoms with Crippen molar-refractivity contribution in [1.29, 1.82) is 0 Å². The van der Waals surface area contributed by atoms with Crippen LogP contribution >= 0.6 is 24.0 Å². The highest BCUT2D eigenvalue weighted by Crippen LogP contribution is 2.29. The highest BCUT2D eigenvalue weighted by molar-refractivity contribution is 7.98. The van der Waals surface area contributed by atoms with Gasteiger partial charge in [-0.15, -0.1) is 11.8 Å². The molecule has 0 aliphatic heterocycles. The predicted molar refractivity (Wildman–Crippen MR) is 140 cm³/mol. The van der Waals surface area contributed by atoms with Gasteiger partial charge in [0.25, 0.3) is 0 Å². The first-order chi connectivity index (χ1) is 15.5. The van der Waals surface area contributed by atoms with Crippen LogP contribution in [-0.4, -0.2) is 47.5 Å². The van der Waals surface area contributed by atoms with E-state index >= 15 is 0 Å². The highest BCUT2D eigenvalue weighted by Gasteiger charge is 2.24. The van der Waals surface area contributed by atoms with Gasteiger partial charge in [-0.05, 0) is 82.0 Å². The zero-order valence-electron chi connectivity index (χ0n) is 19.3. The van der Waals surface area contributed by atoms with Crippen molar-refractivity contribution >= 4 is 46.5 Å². The molecular weight excluding hydrogens is 436 g/mol. The average Bonchev–Trinajstić information content (AvgIpc) is 2.80. The monoisotopic (exact) mass is 470 g/mol. The molecule has 0 saturated heterocycles. The summed E-state index contributed by atoms with van der Waals surface area (Å²) in [5, 5.41) is 11.2. The van der Waals surface area contributed by atoms with Crippen LogP contribution in [0.2, 0.25) is 0 Å². The second-order valence-electron chi connectivity index (χ2n) is 8.89. The quantitative estimate of drug-likeness (QED) is 0.409. The second kappa shape index (κ2) is 10.7. The van der Waals surface area contributed by atoms with Crippen LogP contribution in [0.25, 0.3) is 0 Å². The van der Waals surface area contributed by atoms with Crippen molar-refractivity contribution in [2.75, 3.05) is 35.9 Å². The van der Waals surface area contributed by atoms with E-state index in [1.807, 2.05) is 6.07 Å². The van der Waals surface area contributed by atoms with Crippen LogP contribution in [-0.2, 0) is 12.8 Å². The summed E-state index contributed by atoms with van der Waals surface area (Å²) in [4.78, 5) is 13.1. The summed E-state index contributed by atoms with van der Waals surface area (Å²) in [5.41, 5.74) is 3.63. The van der Waals surface area contributed by atoms with E-state index < -0.39 is 0 Å². The molecule has 1 saturated carbocycles. The minimum absolute atomic E-state index is 0.399. The van der Waals surface area contributed by atoms with E-state index in [4.69, 9.17) is 22.2 Å². The SMILES string of the molecule is CSc1ccccc1NC(=S)N[C@H]1CC[C@@H](Nc2nc3c(c(N(C)C)n2)CCCC3)CC1. The van der Waals surface area contributed by atoms with Gasteiger partial charge in [-0.2, -0.15) is 4.98 Å². The minimum Gasteiger partial charge on any atom is -0.362 e. The number of fused-ring (bicyclic) bond motifs is 1. The fourth-order valence-electron chi connectivity index (χ4n) is 4.67. The van der Waals surface area contributed by atoms with Crippen LogP contribution in [0.1, 0.15) is 49.8 Å². The number of para-hydroxylation sites is 1. The fourth-order valence-corrected chi connectivity index (χ4v) is 5.50. The van der Waals surface area contributed by atoms with Gasteiger partial charge in [-0.3, -0.25) is 0 Å². The third-order valence-corrected chi connectivity index (χ3v) is 7.35. The molecule has 1 aromatic carbocycles. The largest absolute Gasteiger partial charge is 0.362 e. The van der Waals surface area contributed by atoms with E-state index in [0.717, 1.165) is 56.0 Å². The van der Waals surface area contributed by atoms with Crippen LogP contribution in [0.15, 0.2) is 29.2 Å². The lowest BCUT2D eigenvalue weighted by Crippen LogP contribution is -2.42. The number of nitrogens with zero attached hydrogens (tertiary/aromatic N) is 3. The van der Waals surface area contributed by atoms with Gasteiger partial charge < -0.3 is 20.9 Å². The molecule has 0 bridgehead atoms. The Bertz CT molecular complexity index is 940. The Balaban J connectivity index is 1.30. The van der Waals surface area contributed by atoms with Crippen LogP contribution in [0.4, 0.5) is 17.5 Å². The molecule has 1 fully saturated rings. The summed E-state index contributed by atoms with van der Waals surface area (Å²) >= 11 is 7.31. The lowest BCUT2D eigenvalue weighted by molar-refractivity contribution is 0.387. The number of benzene rings is 1. The van der Waals surface area contributed by atoms with Gasteiger partial charge in [0.2, 0.25) is 5.95 Å². The number of thioether (sulfide) groups is 1. The zero-order valence-corrected chi connectivity index (χ0v) is 20.9. The number of aromatic nitrogens is 2. The Morgan fingerprint density at radius 1 is 1.03 bits per heavy atom. The summed E-state index contributed by atoms with van der Waals surface area (Å²) in [6.45, 7) is 0. The molecule has 1 aromatic heterocycles. The highest BCUT2D eigenvalue weighted by atomic mass is 32.2. The number of hydrogen-bond donors (Lipinski definition) is 3. The molecule has 0 radical (unpaired) electrons. The Morgan fingerprint density at radius 3 is 2.50 bits per heavy atom. The Hall–Kier alpha value is -2.06. The average molecular weight is 471 g/mol. The van der Waals surface area contributed by atoms with Gasteiger partial charge in [0.15, 0.2) is 5.11 Å². The third-order valence-electron chi connectivity index (χ3n) is 6.34. The molecule has 0 unspecified atom stereocenters. The van der Waals surface area contributed by atoms with Crippen molar-refractivity contribution in [2.24, 2.45) is 0 Å². The van der Waals surface area contributed by atoms with E-state index in [-0.39, 0.29) is 0 Å². The van der Waals surface area contributed by atoms with Gasteiger partial charge in [-0.25, -0.2) is 4.98 Å². The molecule has 3 N–H and O–H groups in total. The molecule has 2 aliphatic rings. The Morgan fingerprint density at radius 2 is 1.75 bits per heavy atom. The molecule has 2 aliphatic carbocycles. The third kappa shape index (κ3) is 5.64. The minimum atomic E-state index is 0.399. The number of thiocarbonyl (C=S) groups is 1. The van der Waals surface area contributed by atoms with Gasteiger partial charge in [0.1, 0.15) is 5.82 Å². The molecule has 172 valence electrons. The maximum atomic E-state index is 5.58. The van der Waals surface area contributed by atoms with E-state index in [2.05, 4.69) is 59.4 Å². The molecular formula is C24H34N6S2. The van der Waals surface area contributed by atoms with Crippen LogP contribution < -0.4 is 20.9 Å². The Kier molecular flexibility index (Phi) is 7.73. The molecule has 0 spiro atoms. The Labute approximate surface area is 201 Å². The van der Waals surface area contributed by atoms with Crippen LogP contribution in [0.5, 0.6) is 0 Å². The number of hydrogen-bond acceptors (Lipinski definition) is 6. The zero-order chi connectivity index (χ0) is 22.5. The van der Waals surface area contributed by atoms with E-state index in [0.29, 0.717) is 17.2 Å². The lowest BCUT2D eigenvalue weighted by Gasteiger charge is -2.31. The summed E-state index contributed by atoms with van der Waals surface area (Å²) in [6.07, 6.45) is 11.0. The van der Waals surface area contributed by atoms with Gasteiger partial charge in [0, 0.05) is 36.6 Å². The molecule has 1 heterocycles. The van der Waals surface area contributed by atoms with E-state index in [9.17, 15) is 0 Å². The second-order valence-corrected chi connectivity index (χ2v) is 10.1. The number of rotatable bonds is 6. The molecule has 4 rings (SSSR count). The van der Waals surface area contributed by atoms with Gasteiger partial charge in [0.05, 0.1) is 11.4 Å². The van der Waals surface area contributed by atoms with Crippen molar-refractivity contribution < 1.29 is 0 Å². The first-order valence-electron chi connectivity index (χ1n) is 11.6. The molecule has 32 heavy (non-hydrogen) atoms. The maximum Gasteiger partial charge on any atom is 0.225 e. The van der Waals surface area contributed by atoms with E-state index in [1.54, 1.807) is 11.8 Å². The summed E-state index contributed by atoms with van der Waals surface area (Å²) in [5.74, 6) is 1.87. The molecule has 6 nitrogen and oxygen atoms in total. The van der Waals surface area contributed by atoms with E-state index in [1.165, 1.54) is 29.0 Å². The van der Waals surface area contributed by atoms with Crippen molar-refractivity contribution in [2.45, 2.75) is 68.3 Å². The van der Waals surface area contributed by atoms with Gasteiger partial charge >= 0.3 is 0 Å². The van der Waals surface area contributed by atoms with Gasteiger partial charge in [-0.1, -0.05) is 12.1 Å². The summed E-state index contributed by atoms with van der Waals surface area (Å²) in [7, 11) is 4.15. The molecule has 0 amide bonds. The normalized spacial score (nSPS) is 20.2. The summed E-state index contributed by atoms with van der Waals surface area (Å²) in [6, 6.07) is 9.07. The number of aryl methyl sites for hydroxylation is 1. The molecule has 0 atom stereocenters.